The van der Waals surface area contributed by atoms with Gasteiger partial charge in [0.25, 0.3) is 5.91 Å². The molecule has 4 rings (SSSR count). The van der Waals surface area contributed by atoms with E-state index in [0.717, 1.165) is 22.3 Å². The Morgan fingerprint density at radius 3 is 2.50 bits per heavy atom. The van der Waals surface area contributed by atoms with Crippen LogP contribution < -0.4 is 14.4 Å². The molecular formula is C23H27N3O3S. The van der Waals surface area contributed by atoms with Gasteiger partial charge in [-0.3, -0.25) is 9.69 Å². The number of nitrogens with zero attached hydrogens (tertiary/aromatic N) is 3. The van der Waals surface area contributed by atoms with Crippen molar-refractivity contribution < 1.29 is 14.3 Å². The van der Waals surface area contributed by atoms with Gasteiger partial charge < -0.3 is 14.4 Å². The number of hydrogen-bond acceptors (Lipinski definition) is 6. The molecule has 0 bridgehead atoms. The molecule has 0 aliphatic carbocycles. The maximum Gasteiger partial charge on any atom is 0.273 e. The zero-order chi connectivity index (χ0) is 21.4. The summed E-state index contributed by atoms with van der Waals surface area (Å²) in [6, 6.07) is 11.7. The molecule has 1 aliphatic rings. The van der Waals surface area contributed by atoms with Crippen LogP contribution in [0.5, 0.6) is 11.5 Å². The maximum absolute atomic E-state index is 13.6. The van der Waals surface area contributed by atoms with Gasteiger partial charge in [-0.1, -0.05) is 29.5 Å². The fraction of sp³-hybridized carbons (Fsp3) is 0.391. The number of aromatic nitrogens is 1. The lowest BCUT2D eigenvalue weighted by Crippen LogP contribution is -2.52. The van der Waals surface area contributed by atoms with Crippen molar-refractivity contribution in [2.24, 2.45) is 0 Å². The summed E-state index contributed by atoms with van der Waals surface area (Å²) in [6.45, 7) is 7.26. The number of amides is 1. The quantitative estimate of drug-likeness (QED) is 0.618. The third-order valence-electron chi connectivity index (χ3n) is 5.16. The van der Waals surface area contributed by atoms with Crippen LogP contribution in [-0.4, -0.2) is 55.2 Å². The molecule has 2 atom stereocenters. The van der Waals surface area contributed by atoms with Gasteiger partial charge in [0, 0.05) is 13.1 Å². The summed E-state index contributed by atoms with van der Waals surface area (Å²) in [4.78, 5) is 22.2. The van der Waals surface area contributed by atoms with Gasteiger partial charge >= 0.3 is 0 Å². The molecule has 1 aliphatic heterocycles. The number of hydrogen-bond donors (Lipinski definition) is 0. The van der Waals surface area contributed by atoms with Crippen LogP contribution in [-0.2, 0) is 4.79 Å². The predicted molar refractivity (Wildman–Crippen MR) is 121 cm³/mol. The zero-order valence-corrected chi connectivity index (χ0v) is 18.8. The number of thiazole rings is 1. The Morgan fingerprint density at radius 1 is 1.10 bits per heavy atom. The second-order valence-electron chi connectivity index (χ2n) is 8.03. The summed E-state index contributed by atoms with van der Waals surface area (Å²) in [5.74, 6) is 1.13. The van der Waals surface area contributed by atoms with Crippen molar-refractivity contribution in [2.75, 3.05) is 32.1 Å². The SMILES string of the molecule is Cc1cc(C)c2sc(N(CCN(C)C)C(=O)C3Oc4ccccc4OC3C)nc2c1. The summed E-state index contributed by atoms with van der Waals surface area (Å²) >= 11 is 1.55. The van der Waals surface area contributed by atoms with E-state index in [1.807, 2.05) is 45.3 Å². The monoisotopic (exact) mass is 425 g/mol. The summed E-state index contributed by atoms with van der Waals surface area (Å²) in [5.41, 5.74) is 3.26. The summed E-state index contributed by atoms with van der Waals surface area (Å²) in [6.07, 6.45) is -1.12. The average Bonchev–Trinajstić information content (AvgIpc) is 3.11. The minimum absolute atomic E-state index is 0.132. The standard InChI is InChI=1S/C23H27N3O3S/c1-14-12-15(2)21-17(13-14)24-23(30-21)26(11-10-25(4)5)22(27)20-16(3)28-18-8-6-7-9-19(18)29-20/h6-9,12-13,16,20H,10-11H2,1-5H3. The van der Waals surface area contributed by atoms with Gasteiger partial charge in [-0.2, -0.15) is 0 Å². The molecule has 7 heteroatoms. The highest BCUT2D eigenvalue weighted by molar-refractivity contribution is 7.22. The maximum atomic E-state index is 13.6. The lowest BCUT2D eigenvalue weighted by molar-refractivity contribution is -0.130. The third kappa shape index (κ3) is 4.00. The Balaban J connectivity index is 1.69. The normalized spacial score (nSPS) is 18.1. The van der Waals surface area contributed by atoms with E-state index in [0.29, 0.717) is 23.2 Å². The van der Waals surface area contributed by atoms with Crippen molar-refractivity contribution in [1.29, 1.82) is 0 Å². The van der Waals surface area contributed by atoms with Crippen molar-refractivity contribution in [3.05, 3.63) is 47.5 Å². The van der Waals surface area contributed by atoms with Crippen LogP contribution in [0.4, 0.5) is 5.13 Å². The molecule has 0 saturated carbocycles. The van der Waals surface area contributed by atoms with E-state index in [9.17, 15) is 4.79 Å². The topological polar surface area (TPSA) is 54.9 Å². The zero-order valence-electron chi connectivity index (χ0n) is 18.0. The van der Waals surface area contributed by atoms with Crippen molar-refractivity contribution in [3.8, 4) is 11.5 Å². The molecule has 1 amide bonds. The van der Waals surface area contributed by atoms with E-state index in [1.165, 1.54) is 5.56 Å². The second kappa shape index (κ2) is 8.24. The number of benzene rings is 2. The highest BCUT2D eigenvalue weighted by Crippen LogP contribution is 2.36. The minimum atomic E-state index is -0.725. The van der Waals surface area contributed by atoms with Gasteiger partial charge in [0.1, 0.15) is 6.10 Å². The highest BCUT2D eigenvalue weighted by atomic mass is 32.1. The summed E-state index contributed by atoms with van der Waals surface area (Å²) in [7, 11) is 3.99. The number of fused-ring (bicyclic) bond motifs is 2. The first-order valence-corrected chi connectivity index (χ1v) is 10.9. The lowest BCUT2D eigenvalue weighted by Gasteiger charge is -2.34. The van der Waals surface area contributed by atoms with Crippen molar-refractivity contribution in [1.82, 2.24) is 9.88 Å². The molecule has 6 nitrogen and oxygen atoms in total. The van der Waals surface area contributed by atoms with Crippen LogP contribution in [0.1, 0.15) is 18.1 Å². The molecule has 0 radical (unpaired) electrons. The van der Waals surface area contributed by atoms with E-state index >= 15 is 0 Å². The molecule has 0 N–H and O–H groups in total. The lowest BCUT2D eigenvalue weighted by atomic mass is 10.1. The largest absolute Gasteiger partial charge is 0.482 e. The third-order valence-corrected chi connectivity index (χ3v) is 6.39. The van der Waals surface area contributed by atoms with E-state index < -0.39 is 12.2 Å². The number of aryl methyl sites for hydroxylation is 2. The van der Waals surface area contributed by atoms with Gasteiger partial charge in [0.15, 0.2) is 16.6 Å². The number of likely N-dealkylation sites (N-methyl/N-ethyl adjacent to an activating group) is 1. The molecule has 158 valence electrons. The number of anilines is 1. The van der Waals surface area contributed by atoms with Crippen LogP contribution in [0.3, 0.4) is 0 Å². The van der Waals surface area contributed by atoms with Gasteiger partial charge in [-0.15, -0.1) is 0 Å². The number of ether oxygens (including phenoxy) is 2. The predicted octanol–water partition coefficient (Wildman–Crippen LogP) is 4.04. The van der Waals surface area contributed by atoms with Crippen LogP contribution in [0.15, 0.2) is 36.4 Å². The van der Waals surface area contributed by atoms with E-state index in [2.05, 4.69) is 30.9 Å². The molecule has 0 saturated heterocycles. The van der Waals surface area contributed by atoms with Crippen LogP contribution in [0, 0.1) is 13.8 Å². The van der Waals surface area contributed by atoms with E-state index in [4.69, 9.17) is 14.5 Å². The molecule has 30 heavy (non-hydrogen) atoms. The van der Waals surface area contributed by atoms with Gasteiger partial charge in [0.2, 0.25) is 6.10 Å². The summed E-state index contributed by atoms with van der Waals surface area (Å²) in [5, 5.41) is 0.695. The van der Waals surface area contributed by atoms with Crippen molar-refractivity contribution in [2.45, 2.75) is 33.0 Å². The molecule has 3 aromatic rings. The molecule has 2 unspecified atom stereocenters. The molecule has 0 fully saturated rings. The number of carbonyl (C=O) groups is 1. The van der Waals surface area contributed by atoms with Gasteiger partial charge in [-0.05, 0) is 64.2 Å². The molecule has 0 spiro atoms. The minimum Gasteiger partial charge on any atom is -0.482 e. The average molecular weight is 426 g/mol. The molecule has 2 heterocycles. The van der Waals surface area contributed by atoms with Crippen molar-refractivity contribution in [3.63, 3.8) is 0 Å². The highest BCUT2D eigenvalue weighted by Gasteiger charge is 2.38. The Labute approximate surface area is 181 Å². The fourth-order valence-corrected chi connectivity index (χ4v) is 4.67. The van der Waals surface area contributed by atoms with Crippen LogP contribution >= 0.6 is 11.3 Å². The Morgan fingerprint density at radius 2 is 1.80 bits per heavy atom. The second-order valence-corrected chi connectivity index (χ2v) is 9.01. The van der Waals surface area contributed by atoms with Crippen molar-refractivity contribution >= 4 is 32.6 Å². The first-order chi connectivity index (χ1) is 14.3. The van der Waals surface area contributed by atoms with Crippen LogP contribution in [0.25, 0.3) is 10.2 Å². The summed E-state index contributed by atoms with van der Waals surface area (Å²) < 4.78 is 13.2. The van der Waals surface area contributed by atoms with E-state index in [-0.39, 0.29) is 5.91 Å². The number of rotatable bonds is 5. The molecule has 1 aromatic heterocycles. The Hall–Kier alpha value is -2.64. The molecular weight excluding hydrogens is 398 g/mol. The fourth-order valence-electron chi connectivity index (χ4n) is 3.62. The van der Waals surface area contributed by atoms with Crippen LogP contribution in [0.2, 0.25) is 0 Å². The number of para-hydroxylation sites is 2. The first kappa shape index (κ1) is 20.6. The Kier molecular flexibility index (Phi) is 5.66. The van der Waals surface area contributed by atoms with E-state index in [1.54, 1.807) is 16.2 Å². The van der Waals surface area contributed by atoms with Gasteiger partial charge in [0.05, 0.1) is 10.2 Å². The van der Waals surface area contributed by atoms with Gasteiger partial charge in [-0.25, -0.2) is 4.98 Å². The number of carbonyl (C=O) groups excluding carboxylic acids is 1. The first-order valence-electron chi connectivity index (χ1n) is 10.1. The Bertz CT molecular complexity index is 1080. The smallest absolute Gasteiger partial charge is 0.273 e. The molecule has 2 aromatic carbocycles.